The maximum Gasteiger partial charge on any atom is 0.329 e. The van der Waals surface area contributed by atoms with E-state index in [4.69, 9.17) is 16.3 Å². The molecule has 0 aromatic heterocycles. The average Bonchev–Trinajstić information content (AvgIpc) is 3.13. The third kappa shape index (κ3) is 4.13. The maximum atomic E-state index is 13.2. The van der Waals surface area contributed by atoms with Gasteiger partial charge in [-0.3, -0.25) is 14.9 Å². The van der Waals surface area contributed by atoms with Crippen molar-refractivity contribution in [2.75, 3.05) is 12.4 Å². The van der Waals surface area contributed by atoms with Gasteiger partial charge in [-0.05, 0) is 36.8 Å². The van der Waals surface area contributed by atoms with Gasteiger partial charge in [-0.2, -0.15) is 0 Å². The minimum atomic E-state index is -0.742. The number of ether oxygens (including phenoxy) is 1. The van der Waals surface area contributed by atoms with Crippen LogP contribution < -0.4 is 0 Å². The third-order valence-electron chi connectivity index (χ3n) is 4.27. The fourth-order valence-corrected chi connectivity index (χ4v) is 4.47. The van der Waals surface area contributed by atoms with Crippen LogP contribution in [-0.4, -0.2) is 40.1 Å². The van der Waals surface area contributed by atoms with Gasteiger partial charge < -0.3 is 9.64 Å². The first-order valence-corrected chi connectivity index (χ1v) is 9.96. The summed E-state index contributed by atoms with van der Waals surface area (Å²) in [6.07, 6.45) is 0. The van der Waals surface area contributed by atoms with Gasteiger partial charge >= 0.3 is 5.97 Å². The van der Waals surface area contributed by atoms with E-state index in [1.807, 2.05) is 12.1 Å². The van der Waals surface area contributed by atoms with Crippen molar-refractivity contribution in [2.24, 2.45) is 0 Å². The predicted octanol–water partition coefficient (Wildman–Crippen LogP) is 4.07. The number of non-ortho nitro benzene ring substituents is 1. The van der Waals surface area contributed by atoms with Gasteiger partial charge in [0.05, 0.1) is 11.5 Å². The molecule has 0 N–H and O–H groups in total. The molecule has 0 bridgehead atoms. The van der Waals surface area contributed by atoms with Crippen LogP contribution in [0.2, 0.25) is 5.02 Å². The number of nitro benzene ring substituents is 1. The van der Waals surface area contributed by atoms with Crippen LogP contribution in [0.4, 0.5) is 5.69 Å². The smallest absolute Gasteiger partial charge is 0.329 e. The van der Waals surface area contributed by atoms with Crippen LogP contribution in [0.5, 0.6) is 0 Å². The molecule has 2 aromatic carbocycles. The standard InChI is InChI=1S/C19H17ClN2O5S/c1-2-27-19(24)16-11-28-18(13-3-7-14(20)8-4-13)21(16)17(23)12-5-9-15(10-6-12)22(25)26/h3-10,16,18H,2,11H2,1H3. The van der Waals surface area contributed by atoms with Crippen molar-refractivity contribution in [3.05, 3.63) is 74.8 Å². The van der Waals surface area contributed by atoms with Crippen LogP contribution in [0.3, 0.4) is 0 Å². The van der Waals surface area contributed by atoms with Gasteiger partial charge in [0.1, 0.15) is 11.4 Å². The lowest BCUT2D eigenvalue weighted by Gasteiger charge is -2.28. The second-order valence-corrected chi connectivity index (χ2v) is 7.57. The topological polar surface area (TPSA) is 89.8 Å². The van der Waals surface area contributed by atoms with E-state index in [0.717, 1.165) is 5.56 Å². The Hall–Kier alpha value is -2.58. The first kappa shape index (κ1) is 20.2. The number of hydrogen-bond acceptors (Lipinski definition) is 6. The lowest BCUT2D eigenvalue weighted by Crippen LogP contribution is -2.43. The monoisotopic (exact) mass is 420 g/mol. The Balaban J connectivity index is 1.95. The second-order valence-electron chi connectivity index (χ2n) is 6.02. The zero-order chi connectivity index (χ0) is 20.3. The number of carbonyl (C=O) groups is 2. The molecule has 0 radical (unpaired) electrons. The summed E-state index contributed by atoms with van der Waals surface area (Å²) >= 11 is 7.41. The summed E-state index contributed by atoms with van der Waals surface area (Å²) in [6.45, 7) is 1.92. The van der Waals surface area contributed by atoms with E-state index in [1.165, 1.54) is 40.9 Å². The molecule has 2 unspecified atom stereocenters. The van der Waals surface area contributed by atoms with Gasteiger partial charge in [0.25, 0.3) is 11.6 Å². The van der Waals surface area contributed by atoms with Gasteiger partial charge in [-0.1, -0.05) is 23.7 Å². The third-order valence-corrected chi connectivity index (χ3v) is 5.85. The van der Waals surface area contributed by atoms with Crippen LogP contribution in [0.25, 0.3) is 0 Å². The first-order valence-electron chi connectivity index (χ1n) is 8.53. The fourth-order valence-electron chi connectivity index (χ4n) is 2.93. The van der Waals surface area contributed by atoms with Gasteiger partial charge in [-0.15, -0.1) is 11.8 Å². The number of carbonyl (C=O) groups excluding carboxylic acids is 2. The van der Waals surface area contributed by atoms with Crippen molar-refractivity contribution in [1.82, 2.24) is 4.90 Å². The Morgan fingerprint density at radius 3 is 2.43 bits per heavy atom. The van der Waals surface area contributed by atoms with E-state index in [2.05, 4.69) is 0 Å². The highest BCUT2D eigenvalue weighted by atomic mass is 35.5. The molecule has 9 heteroatoms. The largest absolute Gasteiger partial charge is 0.464 e. The Labute approximate surface area is 170 Å². The van der Waals surface area contributed by atoms with Crippen LogP contribution in [0.15, 0.2) is 48.5 Å². The first-order chi connectivity index (χ1) is 13.4. The minimum Gasteiger partial charge on any atom is -0.464 e. The van der Waals surface area contributed by atoms with Gasteiger partial charge in [0.2, 0.25) is 0 Å². The number of halogens is 1. The molecule has 2 atom stereocenters. The summed E-state index contributed by atoms with van der Waals surface area (Å²) in [7, 11) is 0. The zero-order valence-corrected chi connectivity index (χ0v) is 16.5. The molecule has 0 aliphatic carbocycles. The van der Waals surface area contributed by atoms with E-state index in [9.17, 15) is 19.7 Å². The second kappa shape index (κ2) is 8.62. The minimum absolute atomic E-state index is 0.108. The number of benzene rings is 2. The summed E-state index contributed by atoms with van der Waals surface area (Å²) < 4.78 is 5.14. The molecule has 7 nitrogen and oxygen atoms in total. The summed E-state index contributed by atoms with van der Waals surface area (Å²) in [4.78, 5) is 37.4. The highest BCUT2D eigenvalue weighted by Crippen LogP contribution is 2.42. The fraction of sp³-hybridized carbons (Fsp3) is 0.263. The molecule has 28 heavy (non-hydrogen) atoms. The summed E-state index contributed by atoms with van der Waals surface area (Å²) in [5.41, 5.74) is 0.987. The molecule has 146 valence electrons. The highest BCUT2D eigenvalue weighted by molar-refractivity contribution is 7.99. The summed E-state index contributed by atoms with van der Waals surface area (Å²) in [5, 5.41) is 11.0. The van der Waals surface area contributed by atoms with E-state index in [0.29, 0.717) is 10.8 Å². The Bertz CT molecular complexity index is 888. The van der Waals surface area contributed by atoms with Crippen molar-refractivity contribution in [1.29, 1.82) is 0 Å². The number of esters is 1. The van der Waals surface area contributed by atoms with Crippen LogP contribution in [0, 0.1) is 10.1 Å². The van der Waals surface area contributed by atoms with Crippen LogP contribution in [0.1, 0.15) is 28.2 Å². The van der Waals surface area contributed by atoms with Crippen molar-refractivity contribution in [2.45, 2.75) is 18.3 Å². The van der Waals surface area contributed by atoms with Crippen molar-refractivity contribution < 1.29 is 19.2 Å². The number of rotatable bonds is 5. The molecule has 0 saturated carbocycles. The predicted molar refractivity (Wildman–Crippen MR) is 106 cm³/mol. The maximum absolute atomic E-state index is 13.2. The Kier molecular flexibility index (Phi) is 6.21. The zero-order valence-electron chi connectivity index (χ0n) is 14.9. The number of nitrogens with zero attached hydrogens (tertiary/aromatic N) is 2. The van der Waals surface area contributed by atoms with Crippen molar-refractivity contribution in [3.63, 3.8) is 0 Å². The van der Waals surface area contributed by atoms with E-state index in [-0.39, 0.29) is 17.9 Å². The van der Waals surface area contributed by atoms with Gasteiger partial charge in [0.15, 0.2) is 0 Å². The van der Waals surface area contributed by atoms with Crippen LogP contribution >= 0.6 is 23.4 Å². The molecule has 1 aliphatic heterocycles. The molecule has 1 amide bonds. The number of nitro groups is 1. The molecule has 1 aliphatic rings. The Morgan fingerprint density at radius 1 is 1.21 bits per heavy atom. The molecule has 2 aromatic rings. The molecule has 1 fully saturated rings. The van der Waals surface area contributed by atoms with Gasteiger partial charge in [0, 0.05) is 28.5 Å². The van der Waals surface area contributed by atoms with Crippen molar-refractivity contribution in [3.8, 4) is 0 Å². The molecule has 0 spiro atoms. The lowest BCUT2D eigenvalue weighted by atomic mass is 10.1. The number of thioether (sulfide) groups is 1. The van der Waals surface area contributed by atoms with E-state index >= 15 is 0 Å². The highest BCUT2D eigenvalue weighted by Gasteiger charge is 2.43. The Morgan fingerprint density at radius 2 is 1.86 bits per heavy atom. The number of amides is 1. The summed E-state index contributed by atoms with van der Waals surface area (Å²) in [6, 6.07) is 11.7. The number of hydrogen-bond donors (Lipinski definition) is 0. The summed E-state index contributed by atoms with van der Waals surface area (Å²) in [5.74, 6) is -0.468. The SMILES string of the molecule is CCOC(=O)C1CSC(c2ccc(Cl)cc2)N1C(=O)c1ccc([N+](=O)[O-])cc1. The van der Waals surface area contributed by atoms with E-state index < -0.39 is 28.2 Å². The molecular weight excluding hydrogens is 404 g/mol. The molecule has 3 rings (SSSR count). The van der Waals surface area contributed by atoms with E-state index in [1.54, 1.807) is 19.1 Å². The normalized spacial score (nSPS) is 18.7. The molecular formula is C19H17ClN2O5S. The average molecular weight is 421 g/mol. The van der Waals surface area contributed by atoms with Crippen molar-refractivity contribution >= 4 is 40.9 Å². The lowest BCUT2D eigenvalue weighted by molar-refractivity contribution is -0.384. The quantitative estimate of drug-likeness (QED) is 0.411. The van der Waals surface area contributed by atoms with Gasteiger partial charge in [-0.25, -0.2) is 4.79 Å². The van der Waals surface area contributed by atoms with Crippen LogP contribution in [-0.2, 0) is 9.53 Å². The molecule has 1 heterocycles. The molecule has 1 saturated heterocycles.